The summed E-state index contributed by atoms with van der Waals surface area (Å²) in [5.41, 5.74) is 4.56. The van der Waals surface area contributed by atoms with Crippen molar-refractivity contribution in [3.05, 3.63) is 83.9 Å². The molecule has 1 saturated heterocycles. The van der Waals surface area contributed by atoms with Crippen LogP contribution in [-0.2, 0) is 11.3 Å². The fraction of sp³-hybridized carbons (Fsp3) is 0.240. The summed E-state index contributed by atoms with van der Waals surface area (Å²) in [6.07, 6.45) is 0. The summed E-state index contributed by atoms with van der Waals surface area (Å²) in [5.74, 6) is 0.675. The second-order valence-electron chi connectivity index (χ2n) is 7.31. The molecule has 0 bridgehead atoms. The normalized spacial score (nSPS) is 14.3. The number of amides is 1. The summed E-state index contributed by atoms with van der Waals surface area (Å²) in [5, 5.41) is 3.10. The average Bonchev–Trinajstić information content (AvgIpc) is 2.81. The van der Waals surface area contributed by atoms with Crippen LogP contribution in [0.5, 0.6) is 5.75 Å². The lowest BCUT2D eigenvalue weighted by Gasteiger charge is -2.27. The van der Waals surface area contributed by atoms with E-state index in [4.69, 9.17) is 9.47 Å². The first kappa shape index (κ1) is 20.1. The molecule has 1 N–H and O–H groups in total. The van der Waals surface area contributed by atoms with Crippen molar-refractivity contribution in [3.63, 3.8) is 0 Å². The largest absolute Gasteiger partial charge is 0.497 e. The Kier molecular flexibility index (Phi) is 6.42. The lowest BCUT2D eigenvalue weighted by atomic mass is 10.0. The summed E-state index contributed by atoms with van der Waals surface area (Å²) >= 11 is 0. The van der Waals surface area contributed by atoms with Crippen LogP contribution in [0.25, 0.3) is 11.1 Å². The van der Waals surface area contributed by atoms with Gasteiger partial charge in [-0.05, 0) is 47.0 Å². The van der Waals surface area contributed by atoms with Gasteiger partial charge < -0.3 is 14.8 Å². The molecule has 3 aromatic rings. The molecular formula is C25H26N2O3. The molecule has 0 unspecified atom stereocenters. The van der Waals surface area contributed by atoms with E-state index >= 15 is 0 Å². The summed E-state index contributed by atoms with van der Waals surface area (Å²) in [6, 6.07) is 23.5. The van der Waals surface area contributed by atoms with Gasteiger partial charge in [-0.2, -0.15) is 0 Å². The number of methoxy groups -OCH3 is 1. The second kappa shape index (κ2) is 9.57. The maximum Gasteiger partial charge on any atom is 0.255 e. The number of nitrogens with one attached hydrogen (secondary N) is 1. The van der Waals surface area contributed by atoms with Crippen molar-refractivity contribution in [1.82, 2.24) is 4.90 Å². The highest BCUT2D eigenvalue weighted by Gasteiger charge is 2.15. The molecule has 1 amide bonds. The highest BCUT2D eigenvalue weighted by molar-refractivity contribution is 6.05. The van der Waals surface area contributed by atoms with Gasteiger partial charge >= 0.3 is 0 Å². The predicted octanol–water partition coefficient (Wildman–Crippen LogP) is 4.45. The number of para-hydroxylation sites is 1. The highest BCUT2D eigenvalue weighted by Crippen LogP contribution is 2.25. The second-order valence-corrected chi connectivity index (χ2v) is 7.31. The molecule has 30 heavy (non-hydrogen) atoms. The van der Waals surface area contributed by atoms with Gasteiger partial charge in [0.2, 0.25) is 0 Å². The SMILES string of the molecule is COc1cccc(-c2cccc(C(=O)Nc3ccccc3CN3CCOCC3)c2)c1. The van der Waals surface area contributed by atoms with E-state index in [0.717, 1.165) is 61.0 Å². The molecule has 0 saturated carbocycles. The molecule has 0 radical (unpaired) electrons. The quantitative estimate of drug-likeness (QED) is 0.662. The number of morpholine rings is 1. The lowest BCUT2D eigenvalue weighted by molar-refractivity contribution is 0.0342. The van der Waals surface area contributed by atoms with Crippen molar-refractivity contribution >= 4 is 11.6 Å². The number of rotatable bonds is 6. The van der Waals surface area contributed by atoms with Gasteiger partial charge in [-0.3, -0.25) is 9.69 Å². The monoisotopic (exact) mass is 402 g/mol. The Morgan fingerprint density at radius 1 is 0.967 bits per heavy atom. The summed E-state index contributed by atoms with van der Waals surface area (Å²) in [6.45, 7) is 4.12. The average molecular weight is 402 g/mol. The molecule has 4 rings (SSSR count). The Bertz CT molecular complexity index is 1010. The van der Waals surface area contributed by atoms with Gasteiger partial charge in [-0.15, -0.1) is 0 Å². The van der Waals surface area contributed by atoms with E-state index in [2.05, 4.69) is 16.3 Å². The van der Waals surface area contributed by atoms with Gasteiger partial charge in [-0.1, -0.05) is 42.5 Å². The standard InChI is InChI=1S/C25H26N2O3/c1-29-23-10-5-8-20(17-23)19-7-4-9-21(16-19)25(28)26-24-11-3-2-6-22(24)18-27-12-14-30-15-13-27/h2-11,16-17H,12-15,18H2,1H3,(H,26,28). The molecule has 1 aliphatic rings. The third-order valence-electron chi connectivity index (χ3n) is 5.29. The van der Waals surface area contributed by atoms with Gasteiger partial charge in [0.05, 0.1) is 20.3 Å². The number of carbonyl (C=O) groups excluding carboxylic acids is 1. The van der Waals surface area contributed by atoms with E-state index in [1.54, 1.807) is 7.11 Å². The van der Waals surface area contributed by atoms with Crippen LogP contribution >= 0.6 is 0 Å². The van der Waals surface area contributed by atoms with Crippen molar-refractivity contribution < 1.29 is 14.3 Å². The van der Waals surface area contributed by atoms with Crippen molar-refractivity contribution in [2.24, 2.45) is 0 Å². The van der Waals surface area contributed by atoms with Gasteiger partial charge in [-0.25, -0.2) is 0 Å². The fourth-order valence-electron chi connectivity index (χ4n) is 3.62. The summed E-state index contributed by atoms with van der Waals surface area (Å²) in [4.78, 5) is 15.3. The maximum absolute atomic E-state index is 13.0. The minimum absolute atomic E-state index is 0.117. The van der Waals surface area contributed by atoms with Crippen LogP contribution in [0.1, 0.15) is 15.9 Å². The molecule has 5 nitrogen and oxygen atoms in total. The molecule has 154 valence electrons. The van der Waals surface area contributed by atoms with Crippen LogP contribution in [0.4, 0.5) is 5.69 Å². The minimum Gasteiger partial charge on any atom is -0.497 e. The molecule has 5 heteroatoms. The van der Waals surface area contributed by atoms with E-state index < -0.39 is 0 Å². The van der Waals surface area contributed by atoms with Gasteiger partial charge in [0.1, 0.15) is 5.75 Å². The van der Waals surface area contributed by atoms with E-state index in [0.29, 0.717) is 5.56 Å². The van der Waals surface area contributed by atoms with Crippen LogP contribution in [0.2, 0.25) is 0 Å². The first-order chi connectivity index (χ1) is 14.7. The molecule has 0 spiro atoms. The Morgan fingerprint density at radius 2 is 1.70 bits per heavy atom. The zero-order chi connectivity index (χ0) is 20.8. The number of anilines is 1. The smallest absolute Gasteiger partial charge is 0.255 e. The first-order valence-corrected chi connectivity index (χ1v) is 10.2. The van der Waals surface area contributed by atoms with Crippen LogP contribution in [-0.4, -0.2) is 44.2 Å². The number of hydrogen-bond donors (Lipinski definition) is 1. The van der Waals surface area contributed by atoms with Gasteiger partial charge in [0.15, 0.2) is 0 Å². The van der Waals surface area contributed by atoms with Crippen LogP contribution in [0, 0.1) is 0 Å². The molecular weight excluding hydrogens is 376 g/mol. The van der Waals surface area contributed by atoms with Crippen molar-refractivity contribution in [1.29, 1.82) is 0 Å². The fourth-order valence-corrected chi connectivity index (χ4v) is 3.62. The Morgan fingerprint density at radius 3 is 2.50 bits per heavy atom. The Hall–Kier alpha value is -3.15. The highest BCUT2D eigenvalue weighted by atomic mass is 16.5. The lowest BCUT2D eigenvalue weighted by Crippen LogP contribution is -2.35. The maximum atomic E-state index is 13.0. The third-order valence-corrected chi connectivity index (χ3v) is 5.29. The number of nitrogens with zero attached hydrogens (tertiary/aromatic N) is 1. The van der Waals surface area contributed by atoms with E-state index in [-0.39, 0.29) is 5.91 Å². The van der Waals surface area contributed by atoms with E-state index in [1.807, 2.05) is 66.7 Å². The topological polar surface area (TPSA) is 50.8 Å². The Labute approximate surface area is 177 Å². The zero-order valence-corrected chi connectivity index (χ0v) is 17.1. The molecule has 0 aliphatic carbocycles. The van der Waals surface area contributed by atoms with Crippen LogP contribution in [0.3, 0.4) is 0 Å². The predicted molar refractivity (Wildman–Crippen MR) is 119 cm³/mol. The molecule has 3 aromatic carbocycles. The molecule has 1 fully saturated rings. The van der Waals surface area contributed by atoms with Gasteiger partial charge in [0, 0.05) is 30.9 Å². The molecule has 1 heterocycles. The summed E-state index contributed by atoms with van der Waals surface area (Å²) < 4.78 is 10.8. The number of hydrogen-bond acceptors (Lipinski definition) is 4. The number of benzene rings is 3. The zero-order valence-electron chi connectivity index (χ0n) is 17.1. The van der Waals surface area contributed by atoms with Crippen molar-refractivity contribution in [3.8, 4) is 16.9 Å². The Balaban J connectivity index is 1.52. The third kappa shape index (κ3) is 4.87. The first-order valence-electron chi connectivity index (χ1n) is 10.2. The minimum atomic E-state index is -0.117. The van der Waals surface area contributed by atoms with Crippen LogP contribution < -0.4 is 10.1 Å². The van der Waals surface area contributed by atoms with Crippen molar-refractivity contribution in [2.75, 3.05) is 38.7 Å². The summed E-state index contributed by atoms with van der Waals surface area (Å²) in [7, 11) is 1.65. The number of ether oxygens (including phenoxy) is 2. The molecule has 1 aliphatic heterocycles. The molecule has 0 atom stereocenters. The van der Waals surface area contributed by atoms with E-state index in [9.17, 15) is 4.79 Å². The van der Waals surface area contributed by atoms with Crippen molar-refractivity contribution in [2.45, 2.75) is 6.54 Å². The molecule has 0 aromatic heterocycles. The van der Waals surface area contributed by atoms with E-state index in [1.165, 1.54) is 0 Å². The number of carbonyl (C=O) groups is 1. The van der Waals surface area contributed by atoms with Gasteiger partial charge in [0.25, 0.3) is 5.91 Å². The van der Waals surface area contributed by atoms with Crippen LogP contribution in [0.15, 0.2) is 72.8 Å².